The predicted molar refractivity (Wildman–Crippen MR) is 85.2 cm³/mol. The number of nitrogens with zero attached hydrogens (tertiary/aromatic N) is 4. The minimum atomic E-state index is -0.723. The van der Waals surface area contributed by atoms with E-state index in [4.69, 9.17) is 4.74 Å². The molecule has 0 N–H and O–H groups in total. The highest BCUT2D eigenvalue weighted by Crippen LogP contribution is 2.19. The highest BCUT2D eigenvalue weighted by molar-refractivity contribution is 6.99. The van der Waals surface area contributed by atoms with Gasteiger partial charge < -0.3 is 14.5 Å². The Hall–Kier alpha value is -2.22. The summed E-state index contributed by atoms with van der Waals surface area (Å²) in [6.45, 7) is 4.21. The molecule has 1 aliphatic heterocycles. The topological polar surface area (TPSA) is 58.6 Å². The highest BCUT2D eigenvalue weighted by atomic mass is 32.1. The second-order valence-corrected chi connectivity index (χ2v) is 5.83. The van der Waals surface area contributed by atoms with E-state index in [0.717, 1.165) is 5.82 Å². The number of carbonyl (C=O) groups is 1. The fourth-order valence-electron chi connectivity index (χ4n) is 2.49. The summed E-state index contributed by atoms with van der Waals surface area (Å²) in [4.78, 5) is 16.3. The van der Waals surface area contributed by atoms with E-state index in [1.54, 1.807) is 30.2 Å². The van der Waals surface area contributed by atoms with E-state index in [1.165, 1.54) is 23.9 Å². The van der Waals surface area contributed by atoms with Crippen molar-refractivity contribution in [3.63, 3.8) is 0 Å². The van der Waals surface area contributed by atoms with E-state index in [1.807, 2.05) is 0 Å². The van der Waals surface area contributed by atoms with Crippen LogP contribution in [0.5, 0.6) is 5.75 Å². The molecule has 1 saturated heterocycles. The number of piperazine rings is 1. The number of para-hydroxylation sites is 1. The third-order valence-electron chi connectivity index (χ3n) is 3.75. The second-order valence-electron chi connectivity index (χ2n) is 5.27. The SMILES string of the molecule is CC(Oc1ccccc1F)C(=O)N1CCN(c2cnsn2)CC1. The molecule has 1 aromatic heterocycles. The van der Waals surface area contributed by atoms with Gasteiger partial charge >= 0.3 is 0 Å². The van der Waals surface area contributed by atoms with Crippen LogP contribution in [-0.4, -0.2) is 51.8 Å². The van der Waals surface area contributed by atoms with E-state index >= 15 is 0 Å². The summed E-state index contributed by atoms with van der Waals surface area (Å²) in [6, 6.07) is 6.09. The first-order valence-corrected chi connectivity index (χ1v) is 8.10. The van der Waals surface area contributed by atoms with E-state index in [2.05, 4.69) is 13.6 Å². The minimum absolute atomic E-state index is 0.0977. The van der Waals surface area contributed by atoms with E-state index in [9.17, 15) is 9.18 Å². The van der Waals surface area contributed by atoms with Crippen LogP contribution in [0.2, 0.25) is 0 Å². The largest absolute Gasteiger partial charge is 0.478 e. The summed E-state index contributed by atoms with van der Waals surface area (Å²) in [7, 11) is 0. The van der Waals surface area contributed by atoms with Crippen molar-refractivity contribution in [1.29, 1.82) is 0 Å². The van der Waals surface area contributed by atoms with Crippen molar-refractivity contribution in [3.05, 3.63) is 36.3 Å². The lowest BCUT2D eigenvalue weighted by Crippen LogP contribution is -2.52. The average Bonchev–Trinajstić information content (AvgIpc) is 3.11. The van der Waals surface area contributed by atoms with Gasteiger partial charge in [-0.05, 0) is 19.1 Å². The summed E-state index contributed by atoms with van der Waals surface area (Å²) < 4.78 is 27.2. The maximum absolute atomic E-state index is 13.6. The molecule has 1 atom stereocenters. The quantitative estimate of drug-likeness (QED) is 0.852. The third kappa shape index (κ3) is 3.58. The Labute approximate surface area is 137 Å². The van der Waals surface area contributed by atoms with Crippen molar-refractivity contribution in [2.45, 2.75) is 13.0 Å². The van der Waals surface area contributed by atoms with E-state index < -0.39 is 11.9 Å². The molecule has 122 valence electrons. The first kappa shape index (κ1) is 15.7. The Morgan fingerprint density at radius 3 is 2.70 bits per heavy atom. The zero-order valence-electron chi connectivity index (χ0n) is 12.7. The fraction of sp³-hybridized carbons (Fsp3) is 0.400. The third-order valence-corrected chi connectivity index (χ3v) is 4.22. The number of benzene rings is 1. The Kier molecular flexibility index (Phi) is 4.71. The summed E-state index contributed by atoms with van der Waals surface area (Å²) in [6.07, 6.45) is 1.01. The molecular weight excluding hydrogens is 319 g/mol. The van der Waals surface area contributed by atoms with Crippen molar-refractivity contribution in [1.82, 2.24) is 13.6 Å². The first-order chi connectivity index (χ1) is 11.1. The van der Waals surface area contributed by atoms with Crippen molar-refractivity contribution in [2.75, 3.05) is 31.1 Å². The second kappa shape index (κ2) is 6.91. The molecule has 1 aromatic carbocycles. The number of anilines is 1. The monoisotopic (exact) mass is 336 g/mol. The van der Waals surface area contributed by atoms with Gasteiger partial charge in [-0.2, -0.15) is 8.75 Å². The van der Waals surface area contributed by atoms with Gasteiger partial charge in [0.2, 0.25) is 0 Å². The Balaban J connectivity index is 1.55. The molecule has 0 saturated carbocycles. The van der Waals surface area contributed by atoms with Gasteiger partial charge in [-0.25, -0.2) is 4.39 Å². The maximum atomic E-state index is 13.6. The zero-order valence-corrected chi connectivity index (χ0v) is 13.5. The smallest absolute Gasteiger partial charge is 0.263 e. The molecule has 8 heteroatoms. The molecule has 0 radical (unpaired) electrons. The van der Waals surface area contributed by atoms with Gasteiger partial charge in [0.05, 0.1) is 17.9 Å². The van der Waals surface area contributed by atoms with Crippen LogP contribution in [0.15, 0.2) is 30.5 Å². The lowest BCUT2D eigenvalue weighted by molar-refractivity contribution is -0.138. The molecule has 2 aromatic rings. The average molecular weight is 336 g/mol. The summed E-state index contributed by atoms with van der Waals surface area (Å²) in [5.74, 6) is 0.343. The number of carbonyl (C=O) groups excluding carboxylic acids is 1. The summed E-state index contributed by atoms with van der Waals surface area (Å²) in [5, 5.41) is 0. The van der Waals surface area contributed by atoms with Gasteiger partial charge in [0.15, 0.2) is 23.5 Å². The lowest BCUT2D eigenvalue weighted by Gasteiger charge is -2.35. The van der Waals surface area contributed by atoms with Crippen LogP contribution in [0.1, 0.15) is 6.92 Å². The molecule has 2 heterocycles. The van der Waals surface area contributed by atoms with Crippen molar-refractivity contribution in [3.8, 4) is 5.75 Å². The molecule has 0 aliphatic carbocycles. The minimum Gasteiger partial charge on any atom is -0.478 e. The van der Waals surface area contributed by atoms with E-state index in [-0.39, 0.29) is 11.7 Å². The highest BCUT2D eigenvalue weighted by Gasteiger charge is 2.27. The molecule has 1 fully saturated rings. The van der Waals surface area contributed by atoms with Crippen molar-refractivity contribution in [2.24, 2.45) is 0 Å². The number of halogens is 1. The van der Waals surface area contributed by atoms with Gasteiger partial charge in [0.25, 0.3) is 5.91 Å². The van der Waals surface area contributed by atoms with Crippen LogP contribution in [0, 0.1) is 5.82 Å². The molecule has 1 aliphatic rings. The van der Waals surface area contributed by atoms with Crippen LogP contribution < -0.4 is 9.64 Å². The summed E-state index contributed by atoms with van der Waals surface area (Å²) in [5.41, 5.74) is 0. The number of hydrogen-bond donors (Lipinski definition) is 0. The van der Waals surface area contributed by atoms with Gasteiger partial charge in [-0.3, -0.25) is 4.79 Å². The van der Waals surface area contributed by atoms with Crippen LogP contribution in [0.3, 0.4) is 0 Å². The molecule has 1 unspecified atom stereocenters. The summed E-state index contributed by atoms with van der Waals surface area (Å²) >= 11 is 1.17. The fourth-order valence-corrected chi connectivity index (χ4v) is 2.93. The molecule has 6 nitrogen and oxygen atoms in total. The predicted octanol–water partition coefficient (Wildman–Crippen LogP) is 1.79. The molecule has 3 rings (SSSR count). The number of hydrogen-bond acceptors (Lipinski definition) is 6. The van der Waals surface area contributed by atoms with Crippen LogP contribution in [0.25, 0.3) is 0 Å². The van der Waals surface area contributed by atoms with E-state index in [0.29, 0.717) is 26.2 Å². The molecule has 1 amide bonds. The van der Waals surface area contributed by atoms with Crippen molar-refractivity contribution >= 4 is 23.5 Å². The Morgan fingerprint density at radius 1 is 1.30 bits per heavy atom. The number of amides is 1. The van der Waals surface area contributed by atoms with Gasteiger partial charge in [0, 0.05) is 26.2 Å². The lowest BCUT2D eigenvalue weighted by atomic mass is 10.2. The molecule has 0 spiro atoms. The standard InChI is InChI=1S/C15H17FN4O2S/c1-11(22-13-5-3-2-4-12(13)16)15(21)20-8-6-19(7-9-20)14-10-17-23-18-14/h2-5,10-11H,6-9H2,1H3. The molecule has 23 heavy (non-hydrogen) atoms. The van der Waals surface area contributed by atoms with Crippen LogP contribution >= 0.6 is 11.7 Å². The first-order valence-electron chi connectivity index (χ1n) is 7.37. The Bertz CT molecular complexity index is 659. The molecular formula is C15H17FN4O2S. The molecule has 0 bridgehead atoms. The maximum Gasteiger partial charge on any atom is 0.263 e. The van der Waals surface area contributed by atoms with Crippen molar-refractivity contribution < 1.29 is 13.9 Å². The number of ether oxygens (including phenoxy) is 1. The van der Waals surface area contributed by atoms with Gasteiger partial charge in [-0.15, -0.1) is 0 Å². The van der Waals surface area contributed by atoms with Gasteiger partial charge in [0.1, 0.15) is 0 Å². The number of aromatic nitrogens is 2. The van der Waals surface area contributed by atoms with Gasteiger partial charge in [-0.1, -0.05) is 12.1 Å². The van der Waals surface area contributed by atoms with Crippen LogP contribution in [0.4, 0.5) is 10.2 Å². The Morgan fingerprint density at radius 2 is 2.04 bits per heavy atom. The number of rotatable bonds is 4. The normalized spacial score (nSPS) is 16.3. The van der Waals surface area contributed by atoms with Crippen LogP contribution in [-0.2, 0) is 4.79 Å². The zero-order chi connectivity index (χ0) is 16.2.